The van der Waals surface area contributed by atoms with E-state index in [2.05, 4.69) is 19.9 Å². The minimum atomic E-state index is -0.381. The van der Waals surface area contributed by atoms with Gasteiger partial charge in [0.1, 0.15) is 11.6 Å². The molecule has 8 heteroatoms. The van der Waals surface area contributed by atoms with Crippen LogP contribution in [0.3, 0.4) is 0 Å². The Bertz CT molecular complexity index is 1290. The molecule has 3 heterocycles. The molecular weight excluding hydrogens is 430 g/mol. The molecule has 1 aromatic carbocycles. The topological polar surface area (TPSA) is 98.2 Å². The van der Waals surface area contributed by atoms with Crippen LogP contribution in [-0.4, -0.2) is 38.8 Å². The summed E-state index contributed by atoms with van der Waals surface area (Å²) in [4.78, 5) is 42.8. The van der Waals surface area contributed by atoms with Crippen molar-refractivity contribution in [2.45, 2.75) is 19.9 Å². The lowest BCUT2D eigenvalue weighted by molar-refractivity contribution is -0.116. The molecule has 0 aliphatic rings. The van der Waals surface area contributed by atoms with E-state index in [0.717, 1.165) is 22.4 Å². The van der Waals surface area contributed by atoms with Gasteiger partial charge in [0, 0.05) is 36.9 Å². The maximum absolute atomic E-state index is 11.8. The highest BCUT2D eigenvalue weighted by molar-refractivity contribution is 5.89. The fraction of sp³-hybridized carbons (Fsp3) is 0.154. The predicted molar refractivity (Wildman–Crippen MR) is 128 cm³/mol. The zero-order valence-electron chi connectivity index (χ0n) is 18.9. The van der Waals surface area contributed by atoms with Crippen LogP contribution in [0.25, 0.3) is 11.1 Å². The molecule has 0 aliphatic carbocycles. The van der Waals surface area contributed by atoms with E-state index in [0.29, 0.717) is 30.2 Å². The van der Waals surface area contributed by atoms with Gasteiger partial charge in [0.15, 0.2) is 5.82 Å². The molecule has 0 bridgehead atoms. The van der Waals surface area contributed by atoms with Crippen LogP contribution in [-0.2, 0) is 22.5 Å². The van der Waals surface area contributed by atoms with Gasteiger partial charge in [0.2, 0.25) is 0 Å². The van der Waals surface area contributed by atoms with Crippen LogP contribution in [0.15, 0.2) is 79.5 Å². The second-order valence-corrected chi connectivity index (χ2v) is 7.66. The fourth-order valence-corrected chi connectivity index (χ4v) is 3.51. The smallest absolute Gasteiger partial charge is 0.337 e. The van der Waals surface area contributed by atoms with E-state index in [9.17, 15) is 9.59 Å². The van der Waals surface area contributed by atoms with Crippen LogP contribution >= 0.6 is 0 Å². The number of ether oxygens (including phenoxy) is 1. The Labute approximate surface area is 197 Å². The van der Waals surface area contributed by atoms with Crippen molar-refractivity contribution in [2.75, 3.05) is 12.0 Å². The zero-order valence-corrected chi connectivity index (χ0v) is 18.9. The molecule has 34 heavy (non-hydrogen) atoms. The first kappa shape index (κ1) is 22.7. The van der Waals surface area contributed by atoms with Gasteiger partial charge in [-0.3, -0.25) is 14.8 Å². The Balaban J connectivity index is 1.68. The molecule has 0 atom stereocenters. The van der Waals surface area contributed by atoms with E-state index >= 15 is 0 Å². The molecule has 4 aromatic rings. The average molecular weight is 454 g/mol. The van der Waals surface area contributed by atoms with Crippen LogP contribution in [0.1, 0.15) is 28.5 Å². The molecule has 170 valence electrons. The van der Waals surface area contributed by atoms with E-state index in [-0.39, 0.29) is 11.8 Å². The minimum Gasteiger partial charge on any atom is -0.465 e. The lowest BCUT2D eigenvalue weighted by Crippen LogP contribution is -2.19. The van der Waals surface area contributed by atoms with Gasteiger partial charge in [-0.2, -0.15) is 0 Å². The summed E-state index contributed by atoms with van der Waals surface area (Å²) in [5.74, 6) is 0.997. The molecule has 0 unspecified atom stereocenters. The summed E-state index contributed by atoms with van der Waals surface area (Å²) in [7, 11) is 1.36. The minimum absolute atomic E-state index is 0.0621. The summed E-state index contributed by atoms with van der Waals surface area (Å²) in [6.07, 6.45) is 8.65. The van der Waals surface area contributed by atoms with Gasteiger partial charge < -0.3 is 9.64 Å². The van der Waals surface area contributed by atoms with Crippen LogP contribution in [0.4, 0.5) is 11.6 Å². The Morgan fingerprint density at radius 3 is 2.24 bits per heavy atom. The van der Waals surface area contributed by atoms with Crippen LogP contribution in [0, 0.1) is 0 Å². The number of nitrogens with zero attached hydrogens (tertiary/aromatic N) is 5. The van der Waals surface area contributed by atoms with Crippen molar-refractivity contribution in [2.24, 2.45) is 0 Å². The largest absolute Gasteiger partial charge is 0.465 e. The van der Waals surface area contributed by atoms with Crippen molar-refractivity contribution in [3.05, 3.63) is 96.3 Å². The molecule has 0 saturated heterocycles. The van der Waals surface area contributed by atoms with E-state index in [4.69, 9.17) is 4.74 Å². The molecule has 0 radical (unpaired) electrons. The molecule has 0 spiro atoms. The Morgan fingerprint density at radius 2 is 1.56 bits per heavy atom. The number of esters is 1. The number of carbonyl (C=O) groups is 2. The number of pyridine rings is 2. The third-order valence-corrected chi connectivity index (χ3v) is 5.14. The predicted octanol–water partition coefficient (Wildman–Crippen LogP) is 4.19. The number of benzene rings is 1. The van der Waals surface area contributed by atoms with Gasteiger partial charge in [0.05, 0.1) is 25.4 Å². The highest BCUT2D eigenvalue weighted by atomic mass is 16.5. The first-order valence-corrected chi connectivity index (χ1v) is 10.6. The summed E-state index contributed by atoms with van der Waals surface area (Å²) in [5.41, 5.74) is 4.04. The van der Waals surface area contributed by atoms with Gasteiger partial charge >= 0.3 is 5.97 Å². The fourth-order valence-electron chi connectivity index (χ4n) is 3.51. The molecule has 0 fully saturated rings. The molecule has 0 N–H and O–H groups in total. The van der Waals surface area contributed by atoms with Crippen molar-refractivity contribution < 1.29 is 14.3 Å². The molecule has 0 amide bonds. The average Bonchev–Trinajstić information content (AvgIpc) is 2.87. The lowest BCUT2D eigenvalue weighted by Gasteiger charge is -2.23. The van der Waals surface area contributed by atoms with Crippen LogP contribution < -0.4 is 4.90 Å². The Hall–Kier alpha value is -4.46. The highest BCUT2D eigenvalue weighted by Crippen LogP contribution is 2.28. The summed E-state index contributed by atoms with van der Waals surface area (Å²) < 4.78 is 4.78. The van der Waals surface area contributed by atoms with Crippen molar-refractivity contribution in [3.8, 4) is 11.1 Å². The maximum atomic E-state index is 11.8. The summed E-state index contributed by atoms with van der Waals surface area (Å²) in [6, 6.07) is 14.9. The number of Topliss-reactive ketones (excluding diaryl/α,β-unsaturated/α-hetero) is 1. The van der Waals surface area contributed by atoms with E-state index in [1.54, 1.807) is 50.0 Å². The monoisotopic (exact) mass is 453 g/mol. The van der Waals surface area contributed by atoms with Crippen molar-refractivity contribution >= 4 is 23.4 Å². The SMILES string of the molecule is COC(=O)c1ccc(CN(c2cnccn2)c2cc(-c3ccnc(CC(C)=O)c3)ccn2)cc1. The standard InChI is InChI=1S/C26H23N5O3/c1-18(32)13-23-14-21(7-9-28-23)22-8-10-29-24(15-22)31(25-16-27-11-12-30-25)17-19-3-5-20(6-4-19)26(33)34-2/h3-12,14-16H,13,17H2,1-2H3. The molecule has 0 aliphatic heterocycles. The number of ketones is 1. The molecule has 8 nitrogen and oxygen atoms in total. The second kappa shape index (κ2) is 10.4. The molecule has 3 aromatic heterocycles. The van der Waals surface area contributed by atoms with Gasteiger partial charge in [0.25, 0.3) is 0 Å². The van der Waals surface area contributed by atoms with Crippen molar-refractivity contribution in [1.29, 1.82) is 0 Å². The number of hydrogen-bond acceptors (Lipinski definition) is 8. The number of carbonyl (C=O) groups excluding carboxylic acids is 2. The Kier molecular flexibility index (Phi) is 6.98. The first-order valence-electron chi connectivity index (χ1n) is 10.6. The summed E-state index contributed by atoms with van der Waals surface area (Å²) >= 11 is 0. The quantitative estimate of drug-likeness (QED) is 0.366. The molecular formula is C26H23N5O3. The normalized spacial score (nSPS) is 10.5. The number of rotatable bonds is 8. The number of methoxy groups -OCH3 is 1. The number of anilines is 2. The third-order valence-electron chi connectivity index (χ3n) is 5.14. The van der Waals surface area contributed by atoms with Gasteiger partial charge in [-0.25, -0.2) is 14.8 Å². The van der Waals surface area contributed by atoms with E-state index in [1.165, 1.54) is 7.11 Å². The second-order valence-electron chi connectivity index (χ2n) is 7.66. The van der Waals surface area contributed by atoms with E-state index in [1.807, 2.05) is 41.3 Å². The summed E-state index contributed by atoms with van der Waals surface area (Å²) in [6.45, 7) is 2.01. The van der Waals surface area contributed by atoms with Crippen molar-refractivity contribution in [3.63, 3.8) is 0 Å². The van der Waals surface area contributed by atoms with E-state index < -0.39 is 0 Å². The van der Waals surface area contributed by atoms with Gasteiger partial charge in [-0.05, 0) is 60.0 Å². The van der Waals surface area contributed by atoms with Crippen LogP contribution in [0.2, 0.25) is 0 Å². The number of hydrogen-bond donors (Lipinski definition) is 0. The maximum Gasteiger partial charge on any atom is 0.337 e. The van der Waals surface area contributed by atoms with Crippen LogP contribution in [0.5, 0.6) is 0 Å². The zero-order chi connectivity index (χ0) is 23.9. The first-order chi connectivity index (χ1) is 16.5. The number of aromatic nitrogens is 4. The molecule has 4 rings (SSSR count). The highest BCUT2D eigenvalue weighted by Gasteiger charge is 2.15. The third kappa shape index (κ3) is 5.47. The van der Waals surface area contributed by atoms with Gasteiger partial charge in [-0.1, -0.05) is 12.1 Å². The van der Waals surface area contributed by atoms with Crippen molar-refractivity contribution in [1.82, 2.24) is 19.9 Å². The Morgan fingerprint density at radius 1 is 0.853 bits per heavy atom. The molecule has 0 saturated carbocycles. The summed E-state index contributed by atoms with van der Waals surface area (Å²) in [5, 5.41) is 0. The lowest BCUT2D eigenvalue weighted by atomic mass is 10.1. The van der Waals surface area contributed by atoms with Gasteiger partial charge in [-0.15, -0.1) is 0 Å².